The number of hydrogen-bond donors (Lipinski definition) is 1. The van der Waals surface area contributed by atoms with Gasteiger partial charge in [0.2, 0.25) is 5.91 Å². The van der Waals surface area contributed by atoms with Crippen LogP contribution in [0, 0.1) is 5.82 Å². The third-order valence-electron chi connectivity index (χ3n) is 2.26. The molecule has 0 bridgehead atoms. The van der Waals surface area contributed by atoms with Gasteiger partial charge in [-0.25, -0.2) is 4.39 Å². The van der Waals surface area contributed by atoms with Gasteiger partial charge in [0.15, 0.2) is 5.82 Å². The minimum atomic E-state index is -0.307. The van der Waals surface area contributed by atoms with E-state index in [-0.39, 0.29) is 18.1 Å². The first-order valence-corrected chi connectivity index (χ1v) is 5.17. The van der Waals surface area contributed by atoms with E-state index in [1.54, 1.807) is 36.1 Å². The Balaban J connectivity index is 1.95. The molecule has 88 valence electrons. The molecule has 0 saturated carbocycles. The fourth-order valence-corrected chi connectivity index (χ4v) is 1.46. The Morgan fingerprint density at radius 3 is 2.65 bits per heavy atom. The lowest BCUT2D eigenvalue weighted by Gasteiger charge is -2.02. The molecule has 2 rings (SSSR count). The van der Waals surface area contributed by atoms with E-state index < -0.39 is 0 Å². The number of rotatable bonds is 3. The minimum absolute atomic E-state index is 0.171. The number of nitrogens with one attached hydrogen (secondary N) is 1. The number of nitrogens with zero attached hydrogens (tertiary/aromatic N) is 2. The zero-order valence-electron chi connectivity index (χ0n) is 9.35. The van der Waals surface area contributed by atoms with Crippen LogP contribution in [0.3, 0.4) is 0 Å². The summed E-state index contributed by atoms with van der Waals surface area (Å²) >= 11 is 0. The molecule has 0 radical (unpaired) electrons. The van der Waals surface area contributed by atoms with Gasteiger partial charge in [0.1, 0.15) is 5.82 Å². The standard InChI is InChI=1S/C12H12FN3O/c1-16-7-6-11(15-16)14-12(17)8-9-2-4-10(13)5-3-9/h2-7H,8H2,1H3,(H,14,15,17). The molecular formula is C12H12FN3O. The molecule has 0 aliphatic carbocycles. The van der Waals surface area contributed by atoms with E-state index >= 15 is 0 Å². The Labute approximate surface area is 98.1 Å². The van der Waals surface area contributed by atoms with Crippen LogP contribution in [0.15, 0.2) is 36.5 Å². The monoisotopic (exact) mass is 233 g/mol. The van der Waals surface area contributed by atoms with E-state index in [2.05, 4.69) is 10.4 Å². The van der Waals surface area contributed by atoms with Crippen LogP contribution in [0.2, 0.25) is 0 Å². The quantitative estimate of drug-likeness (QED) is 0.877. The van der Waals surface area contributed by atoms with Crippen molar-refractivity contribution in [1.29, 1.82) is 0 Å². The zero-order chi connectivity index (χ0) is 12.3. The van der Waals surface area contributed by atoms with Crippen molar-refractivity contribution in [3.05, 3.63) is 47.9 Å². The Hall–Kier alpha value is -2.17. The smallest absolute Gasteiger partial charge is 0.229 e. The maximum absolute atomic E-state index is 12.7. The van der Waals surface area contributed by atoms with Crippen LogP contribution in [0.1, 0.15) is 5.56 Å². The van der Waals surface area contributed by atoms with Gasteiger partial charge in [-0.3, -0.25) is 9.48 Å². The summed E-state index contributed by atoms with van der Waals surface area (Å²) in [5.41, 5.74) is 0.764. The average Bonchev–Trinajstić information content (AvgIpc) is 2.67. The van der Waals surface area contributed by atoms with Gasteiger partial charge in [0.25, 0.3) is 0 Å². The topological polar surface area (TPSA) is 46.9 Å². The Kier molecular flexibility index (Phi) is 3.18. The summed E-state index contributed by atoms with van der Waals surface area (Å²) in [6.45, 7) is 0. The predicted octanol–water partition coefficient (Wildman–Crippen LogP) is 1.74. The highest BCUT2D eigenvalue weighted by Crippen LogP contribution is 2.06. The lowest BCUT2D eigenvalue weighted by Crippen LogP contribution is -2.14. The summed E-state index contributed by atoms with van der Waals surface area (Å²) in [7, 11) is 1.77. The van der Waals surface area contributed by atoms with Crippen molar-refractivity contribution in [3.63, 3.8) is 0 Å². The molecular weight excluding hydrogens is 221 g/mol. The van der Waals surface area contributed by atoms with Gasteiger partial charge in [-0.2, -0.15) is 5.10 Å². The Morgan fingerprint density at radius 2 is 2.06 bits per heavy atom. The van der Waals surface area contributed by atoms with Crippen molar-refractivity contribution in [2.24, 2.45) is 7.05 Å². The fourth-order valence-electron chi connectivity index (χ4n) is 1.46. The van der Waals surface area contributed by atoms with Crippen LogP contribution < -0.4 is 5.32 Å². The summed E-state index contributed by atoms with van der Waals surface area (Å²) in [6, 6.07) is 7.57. The van der Waals surface area contributed by atoms with Crippen molar-refractivity contribution < 1.29 is 9.18 Å². The molecule has 1 N–H and O–H groups in total. The van der Waals surface area contributed by atoms with Crippen molar-refractivity contribution in [2.75, 3.05) is 5.32 Å². The summed E-state index contributed by atoms with van der Waals surface area (Å²) in [5.74, 6) is 0.0359. The van der Waals surface area contributed by atoms with Gasteiger partial charge in [-0.15, -0.1) is 0 Å². The SMILES string of the molecule is Cn1ccc(NC(=O)Cc2ccc(F)cc2)n1. The molecule has 5 heteroatoms. The molecule has 0 aliphatic rings. The first-order chi connectivity index (χ1) is 8.13. The van der Waals surface area contributed by atoms with Gasteiger partial charge in [0.05, 0.1) is 6.42 Å². The summed E-state index contributed by atoms with van der Waals surface area (Å²) in [4.78, 5) is 11.6. The molecule has 1 amide bonds. The number of anilines is 1. The van der Waals surface area contributed by atoms with Crippen LogP contribution >= 0.6 is 0 Å². The number of benzene rings is 1. The number of amides is 1. The summed E-state index contributed by atoms with van der Waals surface area (Å²) in [6.07, 6.45) is 1.95. The van der Waals surface area contributed by atoms with E-state index in [9.17, 15) is 9.18 Å². The lowest BCUT2D eigenvalue weighted by atomic mass is 10.1. The maximum Gasteiger partial charge on any atom is 0.229 e. The number of halogens is 1. The second-order valence-electron chi connectivity index (χ2n) is 3.73. The Morgan fingerprint density at radius 1 is 1.35 bits per heavy atom. The minimum Gasteiger partial charge on any atom is -0.309 e. The largest absolute Gasteiger partial charge is 0.309 e. The third-order valence-corrected chi connectivity index (χ3v) is 2.26. The van der Waals surface area contributed by atoms with E-state index in [1.807, 2.05) is 0 Å². The molecule has 1 aromatic carbocycles. The number of aryl methyl sites for hydroxylation is 1. The summed E-state index contributed by atoms with van der Waals surface area (Å²) < 4.78 is 14.3. The Bertz CT molecular complexity index is 519. The van der Waals surface area contributed by atoms with Gasteiger partial charge in [-0.05, 0) is 17.7 Å². The molecule has 1 heterocycles. The molecule has 1 aromatic heterocycles. The summed E-state index contributed by atoms with van der Waals surface area (Å²) in [5, 5.41) is 6.69. The highest BCUT2D eigenvalue weighted by atomic mass is 19.1. The molecule has 0 saturated heterocycles. The van der Waals surface area contributed by atoms with Crippen LogP contribution in [0.5, 0.6) is 0 Å². The normalized spacial score (nSPS) is 10.2. The van der Waals surface area contributed by atoms with E-state index in [4.69, 9.17) is 0 Å². The number of carbonyl (C=O) groups is 1. The number of aromatic nitrogens is 2. The zero-order valence-corrected chi connectivity index (χ0v) is 9.35. The van der Waals surface area contributed by atoms with E-state index in [1.165, 1.54) is 12.1 Å². The molecule has 4 nitrogen and oxygen atoms in total. The highest BCUT2D eigenvalue weighted by molar-refractivity contribution is 5.91. The van der Waals surface area contributed by atoms with Crippen LogP contribution in [-0.2, 0) is 18.3 Å². The molecule has 0 atom stereocenters. The van der Waals surface area contributed by atoms with Crippen LogP contribution in [0.25, 0.3) is 0 Å². The predicted molar refractivity (Wildman–Crippen MR) is 61.9 cm³/mol. The van der Waals surface area contributed by atoms with Gasteiger partial charge in [-0.1, -0.05) is 12.1 Å². The maximum atomic E-state index is 12.7. The molecule has 0 unspecified atom stereocenters. The second kappa shape index (κ2) is 4.78. The first kappa shape index (κ1) is 11.3. The van der Waals surface area contributed by atoms with Gasteiger partial charge >= 0.3 is 0 Å². The van der Waals surface area contributed by atoms with Gasteiger partial charge < -0.3 is 5.32 Å². The van der Waals surface area contributed by atoms with Crippen LogP contribution in [-0.4, -0.2) is 15.7 Å². The molecule has 0 fully saturated rings. The second-order valence-corrected chi connectivity index (χ2v) is 3.73. The molecule has 17 heavy (non-hydrogen) atoms. The molecule has 2 aromatic rings. The van der Waals surface area contributed by atoms with E-state index in [0.717, 1.165) is 5.56 Å². The van der Waals surface area contributed by atoms with Crippen molar-refractivity contribution in [1.82, 2.24) is 9.78 Å². The highest BCUT2D eigenvalue weighted by Gasteiger charge is 2.05. The van der Waals surface area contributed by atoms with Crippen molar-refractivity contribution in [3.8, 4) is 0 Å². The van der Waals surface area contributed by atoms with Gasteiger partial charge in [0, 0.05) is 19.3 Å². The number of hydrogen-bond acceptors (Lipinski definition) is 2. The molecule has 0 spiro atoms. The average molecular weight is 233 g/mol. The fraction of sp³-hybridized carbons (Fsp3) is 0.167. The number of carbonyl (C=O) groups excluding carboxylic acids is 1. The van der Waals surface area contributed by atoms with E-state index in [0.29, 0.717) is 5.82 Å². The van der Waals surface area contributed by atoms with Crippen LogP contribution in [0.4, 0.5) is 10.2 Å². The van der Waals surface area contributed by atoms with Crippen molar-refractivity contribution >= 4 is 11.7 Å². The molecule has 0 aliphatic heterocycles. The first-order valence-electron chi connectivity index (χ1n) is 5.17. The van der Waals surface area contributed by atoms with Crippen molar-refractivity contribution in [2.45, 2.75) is 6.42 Å². The third kappa shape index (κ3) is 3.14. The lowest BCUT2D eigenvalue weighted by molar-refractivity contribution is -0.115.